The first-order valence-corrected chi connectivity index (χ1v) is 7.93. The Balaban J connectivity index is 1.72. The van der Waals surface area contributed by atoms with Crippen LogP contribution in [0.3, 0.4) is 0 Å². The standard InChI is InChI=1S/C13H14N2O5S2/c16-12-9(5-6-20-12)14-13(21)22-8-7-19-11-4-2-1-3-10(11)15(17)18/h1-4,9H,5-8H2,(H,14,21)/t9-/m0/s1. The highest BCUT2D eigenvalue weighted by molar-refractivity contribution is 8.22. The Kier molecular flexibility index (Phi) is 5.96. The second kappa shape index (κ2) is 7.95. The molecule has 2 rings (SSSR count). The smallest absolute Gasteiger partial charge is 0.328 e. The van der Waals surface area contributed by atoms with Crippen LogP contribution in [-0.2, 0) is 9.53 Å². The Bertz CT molecular complexity index is 581. The van der Waals surface area contributed by atoms with Gasteiger partial charge >= 0.3 is 11.7 Å². The third-order valence-electron chi connectivity index (χ3n) is 2.86. The summed E-state index contributed by atoms with van der Waals surface area (Å²) in [6.07, 6.45) is 0.603. The molecule has 1 atom stereocenters. The van der Waals surface area contributed by atoms with Crippen LogP contribution in [0.25, 0.3) is 0 Å². The van der Waals surface area contributed by atoms with Crippen LogP contribution >= 0.6 is 24.0 Å². The molecule has 118 valence electrons. The van der Waals surface area contributed by atoms with Gasteiger partial charge in [0.05, 0.1) is 18.1 Å². The lowest BCUT2D eigenvalue weighted by Gasteiger charge is -2.11. The Labute approximate surface area is 136 Å². The first kappa shape index (κ1) is 16.5. The van der Waals surface area contributed by atoms with Crippen molar-refractivity contribution < 1.29 is 19.2 Å². The molecular weight excluding hydrogens is 328 g/mol. The number of cyclic esters (lactones) is 1. The van der Waals surface area contributed by atoms with Crippen molar-refractivity contribution in [3.8, 4) is 5.75 Å². The first-order valence-electron chi connectivity index (χ1n) is 6.54. The summed E-state index contributed by atoms with van der Waals surface area (Å²) in [6.45, 7) is 0.678. The van der Waals surface area contributed by atoms with E-state index in [0.717, 1.165) is 0 Å². The molecule has 1 N–H and O–H groups in total. The van der Waals surface area contributed by atoms with Gasteiger partial charge < -0.3 is 14.8 Å². The molecule has 0 aromatic heterocycles. The summed E-state index contributed by atoms with van der Waals surface area (Å²) in [5.41, 5.74) is -0.0677. The highest BCUT2D eigenvalue weighted by atomic mass is 32.2. The molecule has 22 heavy (non-hydrogen) atoms. The quantitative estimate of drug-likeness (QED) is 0.276. The third kappa shape index (κ3) is 4.57. The Hall–Kier alpha value is -1.87. The number of carbonyl (C=O) groups excluding carboxylic acids is 1. The summed E-state index contributed by atoms with van der Waals surface area (Å²) in [7, 11) is 0. The number of rotatable bonds is 6. The number of carbonyl (C=O) groups is 1. The first-order chi connectivity index (χ1) is 10.6. The summed E-state index contributed by atoms with van der Waals surface area (Å²) in [4.78, 5) is 21.6. The van der Waals surface area contributed by atoms with Gasteiger partial charge in [-0.15, -0.1) is 0 Å². The minimum atomic E-state index is -0.486. The zero-order valence-corrected chi connectivity index (χ0v) is 13.2. The molecule has 0 spiro atoms. The Morgan fingerprint density at radius 1 is 1.55 bits per heavy atom. The monoisotopic (exact) mass is 342 g/mol. The van der Waals surface area contributed by atoms with Gasteiger partial charge in [-0.1, -0.05) is 36.1 Å². The van der Waals surface area contributed by atoms with E-state index in [-0.39, 0.29) is 30.1 Å². The lowest BCUT2D eigenvalue weighted by Crippen LogP contribution is -2.35. The number of esters is 1. The van der Waals surface area contributed by atoms with Crippen molar-refractivity contribution in [1.29, 1.82) is 0 Å². The molecule has 1 aromatic rings. The predicted octanol–water partition coefficient (Wildman–Crippen LogP) is 1.90. The normalized spacial score (nSPS) is 16.9. The van der Waals surface area contributed by atoms with Gasteiger partial charge in [-0.3, -0.25) is 10.1 Å². The topological polar surface area (TPSA) is 90.7 Å². The molecule has 0 radical (unpaired) electrons. The van der Waals surface area contributed by atoms with E-state index in [9.17, 15) is 14.9 Å². The number of hydrogen-bond donors (Lipinski definition) is 1. The molecule has 1 saturated heterocycles. The summed E-state index contributed by atoms with van der Waals surface area (Å²) in [5, 5.41) is 13.7. The average molecular weight is 342 g/mol. The molecule has 1 heterocycles. The fraction of sp³-hybridized carbons (Fsp3) is 0.385. The largest absolute Gasteiger partial charge is 0.486 e. The summed E-state index contributed by atoms with van der Waals surface area (Å²) >= 11 is 6.44. The number of ether oxygens (including phenoxy) is 2. The highest BCUT2D eigenvalue weighted by Crippen LogP contribution is 2.25. The van der Waals surface area contributed by atoms with Gasteiger partial charge in [-0.2, -0.15) is 0 Å². The molecule has 0 aliphatic carbocycles. The number of nitrogens with zero attached hydrogens (tertiary/aromatic N) is 1. The minimum absolute atomic E-state index is 0.0677. The van der Waals surface area contributed by atoms with E-state index in [1.165, 1.54) is 17.8 Å². The maximum atomic E-state index is 11.3. The number of benzene rings is 1. The molecule has 0 amide bonds. The zero-order valence-electron chi connectivity index (χ0n) is 11.5. The number of nitro benzene ring substituents is 1. The van der Waals surface area contributed by atoms with Crippen molar-refractivity contribution in [2.24, 2.45) is 0 Å². The summed E-state index contributed by atoms with van der Waals surface area (Å²) in [5.74, 6) is 0.449. The summed E-state index contributed by atoms with van der Waals surface area (Å²) < 4.78 is 10.7. The molecule has 1 fully saturated rings. The van der Waals surface area contributed by atoms with Crippen LogP contribution in [-0.4, -0.2) is 40.2 Å². The highest BCUT2D eigenvalue weighted by Gasteiger charge is 2.26. The van der Waals surface area contributed by atoms with Gasteiger partial charge in [0, 0.05) is 18.2 Å². The van der Waals surface area contributed by atoms with Crippen molar-refractivity contribution in [3.05, 3.63) is 34.4 Å². The van der Waals surface area contributed by atoms with E-state index in [2.05, 4.69) is 5.32 Å². The van der Waals surface area contributed by atoms with Gasteiger partial charge in [0.2, 0.25) is 0 Å². The van der Waals surface area contributed by atoms with Crippen molar-refractivity contribution in [2.75, 3.05) is 19.0 Å². The van der Waals surface area contributed by atoms with Crippen LogP contribution in [0, 0.1) is 10.1 Å². The van der Waals surface area contributed by atoms with E-state index in [1.54, 1.807) is 18.2 Å². The molecule has 9 heteroatoms. The zero-order chi connectivity index (χ0) is 15.9. The van der Waals surface area contributed by atoms with Gasteiger partial charge in [0.25, 0.3) is 0 Å². The molecule has 1 aliphatic rings. The number of nitrogens with one attached hydrogen (secondary N) is 1. The minimum Gasteiger partial charge on any atom is -0.486 e. The van der Waals surface area contributed by atoms with E-state index in [1.807, 2.05) is 0 Å². The van der Waals surface area contributed by atoms with E-state index in [0.29, 0.717) is 23.1 Å². The molecule has 1 aliphatic heterocycles. The number of thiocarbonyl (C=S) groups is 1. The second-order valence-corrected chi connectivity index (χ2v) is 6.13. The number of thioether (sulfide) groups is 1. The van der Waals surface area contributed by atoms with Gasteiger partial charge in [-0.25, -0.2) is 4.79 Å². The number of para-hydroxylation sites is 2. The van der Waals surface area contributed by atoms with Crippen LogP contribution in [0.4, 0.5) is 5.69 Å². The van der Waals surface area contributed by atoms with Crippen LogP contribution in [0.15, 0.2) is 24.3 Å². The maximum Gasteiger partial charge on any atom is 0.328 e. The van der Waals surface area contributed by atoms with Gasteiger partial charge in [0.1, 0.15) is 10.4 Å². The van der Waals surface area contributed by atoms with E-state index in [4.69, 9.17) is 21.7 Å². The SMILES string of the molecule is O=C1OCC[C@@H]1NC(=S)SCCOc1ccccc1[N+](=O)[O-]. The Morgan fingerprint density at radius 2 is 2.32 bits per heavy atom. The fourth-order valence-electron chi connectivity index (χ4n) is 1.83. The van der Waals surface area contributed by atoms with E-state index < -0.39 is 4.92 Å². The summed E-state index contributed by atoms with van der Waals surface area (Å²) in [6, 6.07) is 5.82. The molecule has 1 aromatic carbocycles. The molecule has 0 saturated carbocycles. The predicted molar refractivity (Wildman–Crippen MR) is 86.1 cm³/mol. The van der Waals surface area contributed by atoms with Gasteiger partial charge in [-0.05, 0) is 6.07 Å². The number of nitro groups is 1. The van der Waals surface area contributed by atoms with Crippen molar-refractivity contribution in [2.45, 2.75) is 12.5 Å². The maximum absolute atomic E-state index is 11.3. The fourth-order valence-corrected chi connectivity index (χ4v) is 2.80. The van der Waals surface area contributed by atoms with Crippen LogP contribution in [0.5, 0.6) is 5.75 Å². The lowest BCUT2D eigenvalue weighted by atomic mass is 10.3. The molecular formula is C13H14N2O5S2. The average Bonchev–Trinajstić information content (AvgIpc) is 2.89. The molecule has 7 nitrogen and oxygen atoms in total. The Morgan fingerprint density at radius 3 is 3.00 bits per heavy atom. The van der Waals surface area contributed by atoms with Crippen molar-refractivity contribution in [3.63, 3.8) is 0 Å². The van der Waals surface area contributed by atoms with Crippen LogP contribution in [0.2, 0.25) is 0 Å². The van der Waals surface area contributed by atoms with Crippen molar-refractivity contribution in [1.82, 2.24) is 5.32 Å². The second-order valence-electron chi connectivity index (χ2n) is 4.36. The van der Waals surface area contributed by atoms with E-state index >= 15 is 0 Å². The van der Waals surface area contributed by atoms with Crippen molar-refractivity contribution >= 4 is 40.0 Å². The molecule has 0 bridgehead atoms. The number of hydrogen-bond acceptors (Lipinski definition) is 7. The third-order valence-corrected chi connectivity index (χ3v) is 4.09. The van der Waals surface area contributed by atoms with Crippen LogP contribution in [0.1, 0.15) is 6.42 Å². The lowest BCUT2D eigenvalue weighted by molar-refractivity contribution is -0.385. The van der Waals surface area contributed by atoms with Gasteiger partial charge in [0.15, 0.2) is 5.75 Å². The molecule has 0 unspecified atom stereocenters. The van der Waals surface area contributed by atoms with Crippen LogP contribution < -0.4 is 10.1 Å².